The molecule has 18 heavy (non-hydrogen) atoms. The monoisotopic (exact) mass is 336 g/mol. The van der Waals surface area contributed by atoms with Crippen molar-refractivity contribution in [1.29, 1.82) is 0 Å². The number of carboxylic acid groups (broad SMARTS) is 1. The number of carboxylic acids is 1. The molecule has 0 aliphatic heterocycles. The third-order valence-electron chi connectivity index (χ3n) is 1.93. The third kappa shape index (κ3) is 2.95. The summed E-state index contributed by atoms with van der Waals surface area (Å²) in [5.41, 5.74) is -4.46. The first kappa shape index (κ1) is 14.8. The number of rotatable bonds is 1. The predicted octanol–water partition coefficient (Wildman–Crippen LogP) is 4.18. The minimum Gasteiger partial charge on any atom is -0.478 e. The van der Waals surface area contributed by atoms with Gasteiger partial charge in [-0.15, -0.1) is 0 Å². The van der Waals surface area contributed by atoms with Gasteiger partial charge in [0, 0.05) is 4.47 Å². The van der Waals surface area contributed by atoms with E-state index in [1.807, 2.05) is 0 Å². The van der Waals surface area contributed by atoms with Gasteiger partial charge in [0.25, 0.3) is 0 Å². The fraction of sp³-hybridized carbons (Fsp3) is 0.222. The van der Waals surface area contributed by atoms with E-state index >= 15 is 0 Å². The van der Waals surface area contributed by atoms with E-state index in [4.69, 9.17) is 5.11 Å². The van der Waals surface area contributed by atoms with E-state index in [-0.39, 0.29) is 12.1 Å². The number of hydrogen-bond donors (Lipinski definition) is 1. The molecule has 0 radical (unpaired) electrons. The van der Waals surface area contributed by atoms with Gasteiger partial charge in [-0.3, -0.25) is 0 Å². The fourth-order valence-electron chi connectivity index (χ4n) is 1.16. The molecule has 9 heteroatoms. The van der Waals surface area contributed by atoms with Crippen LogP contribution in [0.1, 0.15) is 21.5 Å². The van der Waals surface area contributed by atoms with Crippen molar-refractivity contribution in [3.63, 3.8) is 0 Å². The Morgan fingerprint density at radius 1 is 1.00 bits per heavy atom. The lowest BCUT2D eigenvalue weighted by atomic mass is 10.0. The fourth-order valence-corrected chi connectivity index (χ4v) is 1.84. The maximum Gasteiger partial charge on any atom is 0.417 e. The van der Waals surface area contributed by atoms with Gasteiger partial charge < -0.3 is 5.11 Å². The summed E-state index contributed by atoms with van der Waals surface area (Å²) in [5, 5.41) is 8.51. The highest BCUT2D eigenvalue weighted by molar-refractivity contribution is 9.10. The minimum absolute atomic E-state index is 0.141. The lowest BCUT2D eigenvalue weighted by Gasteiger charge is -2.15. The molecule has 0 bridgehead atoms. The number of alkyl halides is 6. The van der Waals surface area contributed by atoms with Crippen LogP contribution in [-0.4, -0.2) is 11.1 Å². The zero-order valence-corrected chi connectivity index (χ0v) is 9.74. The van der Waals surface area contributed by atoms with Gasteiger partial charge in [-0.05, 0) is 28.1 Å². The third-order valence-corrected chi connectivity index (χ3v) is 2.78. The average Bonchev–Trinajstić information content (AvgIpc) is 2.13. The van der Waals surface area contributed by atoms with Crippen molar-refractivity contribution in [2.45, 2.75) is 12.4 Å². The van der Waals surface area contributed by atoms with Crippen LogP contribution >= 0.6 is 15.9 Å². The highest BCUT2D eigenvalue weighted by atomic mass is 79.9. The molecule has 0 unspecified atom stereocenters. The summed E-state index contributed by atoms with van der Waals surface area (Å²) in [7, 11) is 0. The summed E-state index contributed by atoms with van der Waals surface area (Å²) < 4.78 is 73.6. The van der Waals surface area contributed by atoms with Crippen LogP contribution < -0.4 is 0 Å². The molecular weight excluding hydrogens is 334 g/mol. The average molecular weight is 337 g/mol. The quantitative estimate of drug-likeness (QED) is 0.781. The number of hydrogen-bond acceptors (Lipinski definition) is 1. The van der Waals surface area contributed by atoms with E-state index in [9.17, 15) is 31.1 Å². The lowest BCUT2D eigenvalue weighted by Crippen LogP contribution is -2.15. The molecule has 1 rings (SSSR count). The Labute approximate surface area is 104 Å². The molecule has 0 aliphatic rings. The van der Waals surface area contributed by atoms with Gasteiger partial charge in [0.05, 0.1) is 16.7 Å². The molecule has 1 aromatic rings. The SMILES string of the molecule is O=C(O)c1cc(C(F)(F)F)c(Br)c(C(F)(F)F)c1. The van der Waals surface area contributed by atoms with Gasteiger partial charge >= 0.3 is 18.3 Å². The number of halogens is 7. The maximum atomic E-state index is 12.5. The van der Waals surface area contributed by atoms with Crippen molar-refractivity contribution in [1.82, 2.24) is 0 Å². The van der Waals surface area contributed by atoms with Gasteiger partial charge in [0.15, 0.2) is 0 Å². The highest BCUT2D eigenvalue weighted by Gasteiger charge is 2.41. The number of carbonyl (C=O) groups is 1. The Kier molecular flexibility index (Phi) is 3.66. The second kappa shape index (κ2) is 4.45. The van der Waals surface area contributed by atoms with Crippen LogP contribution in [0.3, 0.4) is 0 Å². The standard InChI is InChI=1S/C9H3BrF6O2/c10-6-4(8(11,12)13)1-3(7(17)18)2-5(6)9(14,15)16/h1-2H,(H,17,18). The van der Waals surface area contributed by atoms with Gasteiger partial charge in [0.1, 0.15) is 0 Å². The van der Waals surface area contributed by atoms with E-state index < -0.39 is 39.5 Å². The molecule has 0 amide bonds. The molecule has 0 heterocycles. The smallest absolute Gasteiger partial charge is 0.417 e. The Balaban J connectivity index is 3.64. The first-order chi connectivity index (χ1) is 7.94. The van der Waals surface area contributed by atoms with Crippen LogP contribution in [0.2, 0.25) is 0 Å². The van der Waals surface area contributed by atoms with Gasteiger partial charge in [-0.2, -0.15) is 26.3 Å². The Morgan fingerprint density at radius 2 is 1.33 bits per heavy atom. The predicted molar refractivity (Wildman–Crippen MR) is 51.1 cm³/mol. The Hall–Kier alpha value is -1.25. The van der Waals surface area contributed by atoms with E-state index in [1.165, 1.54) is 0 Å². The maximum absolute atomic E-state index is 12.5. The van der Waals surface area contributed by atoms with E-state index in [0.29, 0.717) is 0 Å². The lowest BCUT2D eigenvalue weighted by molar-refractivity contribution is -0.144. The molecule has 0 atom stereocenters. The number of aromatic carboxylic acids is 1. The normalized spacial score (nSPS) is 12.6. The molecule has 1 N–H and O–H groups in total. The Bertz CT molecular complexity index is 456. The molecule has 0 aliphatic carbocycles. The van der Waals surface area contributed by atoms with Crippen molar-refractivity contribution >= 4 is 21.9 Å². The van der Waals surface area contributed by atoms with Crippen LogP contribution in [0.4, 0.5) is 26.3 Å². The largest absolute Gasteiger partial charge is 0.478 e. The topological polar surface area (TPSA) is 37.3 Å². The summed E-state index contributed by atoms with van der Waals surface area (Å²) in [6, 6.07) is 0.281. The van der Waals surface area contributed by atoms with E-state index in [1.54, 1.807) is 0 Å². The first-order valence-electron chi connectivity index (χ1n) is 4.16. The zero-order valence-electron chi connectivity index (χ0n) is 8.16. The van der Waals surface area contributed by atoms with Gasteiger partial charge in [0.2, 0.25) is 0 Å². The second-order valence-corrected chi connectivity index (χ2v) is 3.98. The molecular formula is C9H3BrF6O2. The molecule has 0 fully saturated rings. The van der Waals surface area contributed by atoms with E-state index in [2.05, 4.69) is 15.9 Å². The summed E-state index contributed by atoms with van der Waals surface area (Å²) >= 11 is 2.20. The summed E-state index contributed by atoms with van der Waals surface area (Å²) in [6.45, 7) is 0. The molecule has 0 aromatic heterocycles. The van der Waals surface area contributed by atoms with Crippen molar-refractivity contribution in [3.05, 3.63) is 33.3 Å². The van der Waals surface area contributed by atoms with Gasteiger partial charge in [-0.1, -0.05) is 0 Å². The second-order valence-electron chi connectivity index (χ2n) is 3.19. The molecule has 0 saturated carbocycles. The van der Waals surface area contributed by atoms with Crippen molar-refractivity contribution in [2.24, 2.45) is 0 Å². The van der Waals surface area contributed by atoms with Crippen LogP contribution in [0, 0.1) is 0 Å². The van der Waals surface area contributed by atoms with Crippen LogP contribution in [0.5, 0.6) is 0 Å². The summed E-state index contributed by atoms with van der Waals surface area (Å²) in [5.74, 6) is -1.88. The molecule has 2 nitrogen and oxygen atoms in total. The summed E-state index contributed by atoms with van der Waals surface area (Å²) in [6.07, 6.45) is -10.2. The number of benzene rings is 1. The van der Waals surface area contributed by atoms with Crippen molar-refractivity contribution in [3.8, 4) is 0 Å². The molecule has 0 spiro atoms. The molecule has 0 saturated heterocycles. The highest BCUT2D eigenvalue weighted by Crippen LogP contribution is 2.43. The first-order valence-corrected chi connectivity index (χ1v) is 4.95. The van der Waals surface area contributed by atoms with Gasteiger partial charge in [-0.25, -0.2) is 4.79 Å². The molecule has 100 valence electrons. The summed E-state index contributed by atoms with van der Waals surface area (Å²) in [4.78, 5) is 10.5. The minimum atomic E-state index is -5.09. The Morgan fingerprint density at radius 3 is 1.56 bits per heavy atom. The van der Waals surface area contributed by atoms with Crippen molar-refractivity contribution < 1.29 is 36.2 Å². The van der Waals surface area contributed by atoms with E-state index in [0.717, 1.165) is 0 Å². The molecule has 1 aromatic carbocycles. The van der Waals surface area contributed by atoms with Crippen LogP contribution in [-0.2, 0) is 12.4 Å². The van der Waals surface area contributed by atoms with Crippen molar-refractivity contribution in [2.75, 3.05) is 0 Å². The zero-order chi connectivity index (χ0) is 14.3. The van der Waals surface area contributed by atoms with Crippen LogP contribution in [0.25, 0.3) is 0 Å². The van der Waals surface area contributed by atoms with Crippen LogP contribution in [0.15, 0.2) is 16.6 Å².